The Balaban J connectivity index is 0.000000117. The van der Waals surface area contributed by atoms with Gasteiger partial charge in [-0.3, -0.25) is 0 Å². The number of fused-ring (bicyclic) bond motifs is 5. The number of allylic oxidation sites excluding steroid dienone is 1. The molecule has 26 heteroatoms. The molecule has 3 aromatic carbocycles. The SMILES string of the molecule is CC(C)=CCNc1ncnc2nc[nH]c12.Cc1cccc(CNc2ncnc3nc[nH]c23)c1.c1ccc(CCNc2ncnc3nc[nH]c23)cc1.c1ccc(CNc2ncnc3nc[nH]c23)cc1.c1coc(CNc2ncnc3nc[nH]c23)c1. The first-order chi connectivity index (χ1) is 41.4. The highest BCUT2D eigenvalue weighted by Crippen LogP contribution is 2.20. The van der Waals surface area contributed by atoms with Crippen molar-refractivity contribution >= 4 is 84.9 Å². The minimum atomic E-state index is 0.581. The molecule has 0 amide bonds. The predicted molar refractivity (Wildman–Crippen MR) is 323 cm³/mol. The highest BCUT2D eigenvalue weighted by Gasteiger charge is 2.09. The number of hydrogen-bond donors (Lipinski definition) is 10. The zero-order valence-corrected chi connectivity index (χ0v) is 46.0. The molecular weight excluding hydrogens is 1060 g/mol. The largest absolute Gasteiger partial charge is 0.467 e. The molecule has 14 rings (SSSR count). The van der Waals surface area contributed by atoms with Gasteiger partial charge in [0.25, 0.3) is 0 Å². The summed E-state index contributed by atoms with van der Waals surface area (Å²) in [6, 6.07) is 32.7. The van der Waals surface area contributed by atoms with E-state index >= 15 is 0 Å². The number of hydrogen-bond acceptors (Lipinski definition) is 21. The summed E-state index contributed by atoms with van der Waals surface area (Å²) in [6.07, 6.45) is 20.3. The third-order valence-electron chi connectivity index (χ3n) is 12.3. The summed E-state index contributed by atoms with van der Waals surface area (Å²) in [5.74, 6) is 4.71. The predicted octanol–water partition coefficient (Wildman–Crippen LogP) is 9.53. The second-order valence-corrected chi connectivity index (χ2v) is 18.6. The molecule has 0 unspecified atom stereocenters. The first-order valence-electron chi connectivity index (χ1n) is 26.6. The number of rotatable bonds is 16. The Hall–Kier alpha value is -11.6. The Morgan fingerprint density at radius 3 is 1.24 bits per heavy atom. The van der Waals surface area contributed by atoms with Gasteiger partial charge in [-0.15, -0.1) is 0 Å². The van der Waals surface area contributed by atoms with Crippen LogP contribution in [-0.4, -0.2) is 113 Å². The summed E-state index contributed by atoms with van der Waals surface area (Å²) in [5.41, 5.74) is 13.8. The Kier molecular flexibility index (Phi) is 18.9. The maximum Gasteiger partial charge on any atom is 0.182 e. The van der Waals surface area contributed by atoms with Gasteiger partial charge >= 0.3 is 0 Å². The minimum Gasteiger partial charge on any atom is -0.467 e. The molecule has 0 aliphatic rings. The molecule has 0 atom stereocenters. The number of nitrogens with one attached hydrogen (secondary N) is 10. The molecule has 0 spiro atoms. The fraction of sp³-hybridized carbons (Fsp3) is 0.155. The summed E-state index contributed by atoms with van der Waals surface area (Å²) in [5, 5.41) is 16.2. The number of furan rings is 1. The van der Waals surface area contributed by atoms with E-state index in [0.29, 0.717) is 34.8 Å². The van der Waals surface area contributed by atoms with Crippen molar-refractivity contribution in [2.75, 3.05) is 39.7 Å². The van der Waals surface area contributed by atoms with E-state index < -0.39 is 0 Å². The van der Waals surface area contributed by atoms with Gasteiger partial charge in [-0.05, 0) is 56.0 Å². The lowest BCUT2D eigenvalue weighted by molar-refractivity contribution is 0.518. The Labute approximate surface area is 480 Å². The number of aromatic nitrogens is 20. The summed E-state index contributed by atoms with van der Waals surface area (Å²) < 4.78 is 5.22. The maximum atomic E-state index is 5.22. The van der Waals surface area contributed by atoms with Crippen LogP contribution in [0.15, 0.2) is 183 Å². The number of benzene rings is 3. The second kappa shape index (κ2) is 28.5. The molecule has 0 bridgehead atoms. The Bertz CT molecular complexity index is 4260. The first-order valence-corrected chi connectivity index (χ1v) is 26.6. The topological polar surface area (TPSA) is 346 Å². The molecule has 0 saturated heterocycles. The number of H-pyrrole nitrogens is 5. The van der Waals surface area contributed by atoms with Gasteiger partial charge in [0.1, 0.15) is 65.0 Å². The van der Waals surface area contributed by atoms with E-state index in [1.54, 1.807) is 37.9 Å². The van der Waals surface area contributed by atoms with Crippen LogP contribution >= 0.6 is 0 Å². The van der Waals surface area contributed by atoms with Crippen LogP contribution < -0.4 is 26.6 Å². The molecule has 0 aliphatic heterocycles. The number of aryl methyl sites for hydroxylation is 1. The quantitative estimate of drug-likeness (QED) is 0.0402. The molecule has 26 nitrogen and oxygen atoms in total. The van der Waals surface area contributed by atoms with E-state index in [-0.39, 0.29) is 0 Å². The van der Waals surface area contributed by atoms with Crippen molar-refractivity contribution < 1.29 is 4.42 Å². The maximum absolute atomic E-state index is 5.22. The van der Waals surface area contributed by atoms with E-state index in [4.69, 9.17) is 4.42 Å². The normalized spacial score (nSPS) is 10.6. The molecule has 11 heterocycles. The van der Waals surface area contributed by atoms with Crippen molar-refractivity contribution in [1.29, 1.82) is 0 Å². The molecule has 0 fully saturated rings. The van der Waals surface area contributed by atoms with Crippen LogP contribution in [0.2, 0.25) is 0 Å². The molecular formula is C58H59N25O. The van der Waals surface area contributed by atoms with Crippen LogP contribution in [0.3, 0.4) is 0 Å². The van der Waals surface area contributed by atoms with Crippen molar-refractivity contribution in [2.45, 2.75) is 46.8 Å². The standard InChI is InChI=1S/2C13H13N5.C12H11N5.C10H9N5O.C10H13N5/c1-9-3-2-4-10(5-9)6-14-12-11-13(16-7-15-11)18-8-17-12;1-2-4-10(5-3-1)6-7-14-12-11-13(16-8-15-11)18-9-17-12;1-2-4-9(5-3-1)6-13-11-10-12(15-7-14-10)17-8-16-11;1-2-7(16-3-1)4-11-9-8-10(13-5-12-8)15-6-14-9;1-7(2)3-4-11-9-8-10(13-5-12-8)15-6-14-9/h2-5,7-8H,6H2,1H3,(H2,14,15,16,17,18);1-5,8-9H,6-7H2,(H2,14,15,16,17,18);1-5,7-8H,6H2,(H2,13,14,15,16,17);1-3,5-6H,4H2,(H2,11,12,13,14,15);3,5-6H,4H2,1-2H3,(H2,11,12,13,14,15). The third-order valence-corrected chi connectivity index (χ3v) is 12.3. The van der Waals surface area contributed by atoms with E-state index in [9.17, 15) is 0 Å². The minimum absolute atomic E-state index is 0.581. The molecule has 0 radical (unpaired) electrons. The average Bonchev–Trinajstić information content (AvgIpc) is 4.58. The Morgan fingerprint density at radius 2 is 0.810 bits per heavy atom. The van der Waals surface area contributed by atoms with Gasteiger partial charge in [-0.2, -0.15) is 0 Å². The second-order valence-electron chi connectivity index (χ2n) is 18.6. The van der Waals surface area contributed by atoms with Crippen LogP contribution in [0, 0.1) is 6.92 Å². The van der Waals surface area contributed by atoms with E-state index in [2.05, 4.69) is 202 Å². The molecule has 10 N–H and O–H groups in total. The summed E-state index contributed by atoms with van der Waals surface area (Å²) >= 11 is 0. The smallest absolute Gasteiger partial charge is 0.182 e. The number of anilines is 5. The Morgan fingerprint density at radius 1 is 0.405 bits per heavy atom. The van der Waals surface area contributed by atoms with Crippen LogP contribution in [-0.2, 0) is 26.1 Å². The highest BCUT2D eigenvalue weighted by molar-refractivity contribution is 5.84. The van der Waals surface area contributed by atoms with Crippen LogP contribution in [0.25, 0.3) is 55.8 Å². The number of imidazole rings is 5. The van der Waals surface area contributed by atoms with Gasteiger partial charge in [0, 0.05) is 26.2 Å². The van der Waals surface area contributed by atoms with Crippen molar-refractivity contribution in [3.8, 4) is 0 Å². The van der Waals surface area contributed by atoms with Gasteiger partial charge in [0.15, 0.2) is 57.3 Å². The van der Waals surface area contributed by atoms with Crippen LogP contribution in [0.5, 0.6) is 0 Å². The lowest BCUT2D eigenvalue weighted by atomic mass is 10.1. The van der Waals surface area contributed by atoms with E-state index in [0.717, 1.165) is 95.0 Å². The number of nitrogens with zero attached hydrogens (tertiary/aromatic N) is 15. The van der Waals surface area contributed by atoms with Crippen molar-refractivity contribution in [3.63, 3.8) is 0 Å². The summed E-state index contributed by atoms with van der Waals surface area (Å²) in [7, 11) is 0. The lowest BCUT2D eigenvalue weighted by Gasteiger charge is -2.06. The monoisotopic (exact) mass is 1120 g/mol. The third kappa shape index (κ3) is 15.4. The summed E-state index contributed by atoms with van der Waals surface area (Å²) in [4.78, 5) is 76.7. The molecule has 422 valence electrons. The zero-order valence-electron chi connectivity index (χ0n) is 46.0. The number of aromatic amines is 5. The molecule has 84 heavy (non-hydrogen) atoms. The fourth-order valence-corrected chi connectivity index (χ4v) is 8.19. The van der Waals surface area contributed by atoms with Crippen molar-refractivity contribution in [3.05, 3.63) is 206 Å². The molecule has 14 aromatic rings. The van der Waals surface area contributed by atoms with Crippen molar-refractivity contribution in [2.24, 2.45) is 0 Å². The van der Waals surface area contributed by atoms with Crippen molar-refractivity contribution in [1.82, 2.24) is 99.7 Å². The molecule has 11 aromatic heterocycles. The molecule has 0 aliphatic carbocycles. The van der Waals surface area contributed by atoms with Gasteiger partial charge in [0.2, 0.25) is 0 Å². The average molecular weight is 1120 g/mol. The zero-order chi connectivity index (χ0) is 57.6. The van der Waals surface area contributed by atoms with Crippen LogP contribution in [0.4, 0.5) is 29.1 Å². The molecule has 0 saturated carbocycles. The van der Waals surface area contributed by atoms with Crippen LogP contribution in [0.1, 0.15) is 41.9 Å². The van der Waals surface area contributed by atoms with E-state index in [1.807, 2.05) is 48.5 Å². The van der Waals surface area contributed by atoms with E-state index in [1.165, 1.54) is 59.5 Å². The van der Waals surface area contributed by atoms with Gasteiger partial charge in [-0.25, -0.2) is 74.8 Å². The summed E-state index contributed by atoms with van der Waals surface area (Å²) in [6.45, 7) is 9.84. The van der Waals surface area contributed by atoms with Gasteiger partial charge in [-0.1, -0.05) is 102 Å². The highest BCUT2D eigenvalue weighted by atomic mass is 16.3. The lowest BCUT2D eigenvalue weighted by Crippen LogP contribution is -2.07. The van der Waals surface area contributed by atoms with Gasteiger partial charge < -0.3 is 55.9 Å². The van der Waals surface area contributed by atoms with Gasteiger partial charge in [0.05, 0.1) is 44.4 Å². The fourth-order valence-electron chi connectivity index (χ4n) is 8.19. The first kappa shape index (κ1) is 55.7.